The number of rotatable bonds is 6. The van der Waals surface area contributed by atoms with Crippen molar-refractivity contribution in [2.45, 2.75) is 71.5 Å². The fourth-order valence-electron chi connectivity index (χ4n) is 3.49. The Bertz CT molecular complexity index is 837. The summed E-state index contributed by atoms with van der Waals surface area (Å²) < 4.78 is 50.8. The van der Waals surface area contributed by atoms with Gasteiger partial charge < -0.3 is 19.7 Å². The van der Waals surface area contributed by atoms with E-state index in [1.807, 2.05) is 0 Å². The summed E-state index contributed by atoms with van der Waals surface area (Å²) in [5.41, 5.74) is -0.159. The zero-order valence-corrected chi connectivity index (χ0v) is 19.4. The van der Waals surface area contributed by atoms with E-state index in [9.17, 15) is 27.6 Å². The smallest absolute Gasteiger partial charge is 0.408 e. The summed E-state index contributed by atoms with van der Waals surface area (Å²) in [7, 11) is 0. The molecule has 3 atom stereocenters. The number of hydrogen-bond donors (Lipinski definition) is 1. The van der Waals surface area contributed by atoms with Gasteiger partial charge in [0, 0.05) is 6.54 Å². The first-order chi connectivity index (χ1) is 15.2. The van der Waals surface area contributed by atoms with Crippen LogP contribution in [0, 0.1) is 11.8 Å². The standard InChI is InChI=1S/C23H31F3N2O5/c1-14(2)18(27-21(31)33-22(3,4)5)19(29)28-12-16(23(24,25)26)11-17(28)20(30)32-13-15-9-7-6-8-10-15/h6-10,14,16-18H,11-13H2,1-5H3,(H,27,31)/t16-,17+,18+/m1/s1. The fourth-order valence-corrected chi connectivity index (χ4v) is 3.49. The van der Waals surface area contributed by atoms with Crippen molar-refractivity contribution in [2.24, 2.45) is 11.8 Å². The van der Waals surface area contributed by atoms with Gasteiger partial charge in [-0.1, -0.05) is 44.2 Å². The molecule has 0 aromatic heterocycles. The average molecular weight is 473 g/mol. The lowest BCUT2D eigenvalue weighted by atomic mass is 10.0. The highest BCUT2D eigenvalue weighted by atomic mass is 19.4. The molecular formula is C23H31F3N2O5. The second-order valence-electron chi connectivity index (χ2n) is 9.44. The number of likely N-dealkylation sites (tertiary alicyclic amines) is 1. The molecule has 2 rings (SSSR count). The van der Waals surface area contributed by atoms with Crippen LogP contribution in [0.15, 0.2) is 30.3 Å². The van der Waals surface area contributed by atoms with Crippen LogP contribution in [-0.2, 0) is 25.7 Å². The number of amides is 2. The molecule has 0 radical (unpaired) electrons. The molecule has 1 heterocycles. The van der Waals surface area contributed by atoms with Crippen molar-refractivity contribution in [2.75, 3.05) is 6.54 Å². The summed E-state index contributed by atoms with van der Waals surface area (Å²) in [5, 5.41) is 2.43. The number of alkyl carbamates (subject to hydrolysis) is 1. The van der Waals surface area contributed by atoms with Crippen LogP contribution in [-0.4, -0.2) is 53.3 Å². The third-order valence-electron chi connectivity index (χ3n) is 5.15. The molecule has 0 saturated carbocycles. The van der Waals surface area contributed by atoms with E-state index >= 15 is 0 Å². The van der Waals surface area contributed by atoms with E-state index < -0.39 is 66.6 Å². The van der Waals surface area contributed by atoms with Gasteiger partial charge in [-0.3, -0.25) is 4.79 Å². The fraction of sp³-hybridized carbons (Fsp3) is 0.609. The Hall–Kier alpha value is -2.78. The van der Waals surface area contributed by atoms with Gasteiger partial charge in [0.05, 0.1) is 5.92 Å². The number of nitrogens with zero attached hydrogens (tertiary/aromatic N) is 1. The van der Waals surface area contributed by atoms with Crippen molar-refractivity contribution in [3.05, 3.63) is 35.9 Å². The number of alkyl halides is 3. The summed E-state index contributed by atoms with van der Waals surface area (Å²) in [6, 6.07) is 6.10. The SMILES string of the molecule is CC(C)[C@H](NC(=O)OC(C)(C)C)C(=O)N1C[C@H](C(F)(F)F)C[C@H]1C(=O)OCc1ccccc1. The minimum Gasteiger partial charge on any atom is -0.459 e. The third kappa shape index (κ3) is 7.64. The van der Waals surface area contributed by atoms with E-state index in [1.165, 1.54) is 0 Å². The normalized spacial score (nSPS) is 19.8. The first-order valence-electron chi connectivity index (χ1n) is 10.8. The first-order valence-corrected chi connectivity index (χ1v) is 10.8. The molecule has 1 saturated heterocycles. The number of hydrogen-bond acceptors (Lipinski definition) is 5. The Kier molecular flexibility index (Phi) is 8.37. The van der Waals surface area contributed by atoms with Gasteiger partial charge in [0.2, 0.25) is 5.91 Å². The second kappa shape index (κ2) is 10.4. The molecule has 1 aromatic rings. The zero-order valence-electron chi connectivity index (χ0n) is 19.4. The number of nitrogens with one attached hydrogen (secondary N) is 1. The number of carbonyl (C=O) groups is 3. The Morgan fingerprint density at radius 3 is 2.24 bits per heavy atom. The van der Waals surface area contributed by atoms with Crippen molar-refractivity contribution >= 4 is 18.0 Å². The van der Waals surface area contributed by atoms with Gasteiger partial charge in [-0.2, -0.15) is 13.2 Å². The third-order valence-corrected chi connectivity index (χ3v) is 5.15. The van der Waals surface area contributed by atoms with Gasteiger partial charge >= 0.3 is 18.2 Å². The maximum Gasteiger partial charge on any atom is 0.408 e. The number of carbonyl (C=O) groups excluding carboxylic acids is 3. The number of esters is 1. The molecule has 0 bridgehead atoms. The van der Waals surface area contributed by atoms with Crippen LogP contribution in [0.1, 0.15) is 46.6 Å². The maximum absolute atomic E-state index is 13.5. The molecule has 0 aliphatic carbocycles. The van der Waals surface area contributed by atoms with Crippen LogP contribution < -0.4 is 5.32 Å². The molecule has 0 spiro atoms. The topological polar surface area (TPSA) is 84.9 Å². The molecule has 1 fully saturated rings. The highest BCUT2D eigenvalue weighted by molar-refractivity contribution is 5.90. The van der Waals surface area contributed by atoms with E-state index in [1.54, 1.807) is 65.0 Å². The minimum atomic E-state index is -4.58. The largest absolute Gasteiger partial charge is 0.459 e. The van der Waals surface area contributed by atoms with Crippen molar-refractivity contribution in [3.63, 3.8) is 0 Å². The number of halogens is 3. The summed E-state index contributed by atoms with van der Waals surface area (Å²) in [6.45, 7) is 7.40. The molecule has 0 unspecified atom stereocenters. The molecule has 7 nitrogen and oxygen atoms in total. The van der Waals surface area contributed by atoms with Crippen LogP contribution in [0.5, 0.6) is 0 Å². The van der Waals surface area contributed by atoms with Crippen molar-refractivity contribution in [1.29, 1.82) is 0 Å². The molecular weight excluding hydrogens is 441 g/mol. The van der Waals surface area contributed by atoms with E-state index in [2.05, 4.69) is 5.32 Å². The van der Waals surface area contributed by atoms with Crippen molar-refractivity contribution in [1.82, 2.24) is 10.2 Å². The van der Waals surface area contributed by atoms with Crippen LogP contribution in [0.4, 0.5) is 18.0 Å². The lowest BCUT2D eigenvalue weighted by molar-refractivity contribution is -0.171. The van der Waals surface area contributed by atoms with Gasteiger partial charge in [0.1, 0.15) is 24.3 Å². The summed E-state index contributed by atoms with van der Waals surface area (Å²) in [6.07, 6.45) is -6.05. The van der Waals surface area contributed by atoms with Gasteiger partial charge in [-0.25, -0.2) is 9.59 Å². The summed E-state index contributed by atoms with van der Waals surface area (Å²) >= 11 is 0. The van der Waals surface area contributed by atoms with E-state index in [4.69, 9.17) is 9.47 Å². The molecule has 10 heteroatoms. The molecule has 2 amide bonds. The summed E-state index contributed by atoms with van der Waals surface area (Å²) in [4.78, 5) is 39.0. The molecule has 1 aliphatic rings. The summed E-state index contributed by atoms with van der Waals surface area (Å²) in [5.74, 6) is -4.04. The van der Waals surface area contributed by atoms with E-state index in [0.717, 1.165) is 4.90 Å². The quantitative estimate of drug-likeness (QED) is 0.632. The van der Waals surface area contributed by atoms with Gasteiger partial charge in [-0.05, 0) is 38.7 Å². The molecule has 1 N–H and O–H groups in total. The first kappa shape index (κ1) is 26.5. The van der Waals surface area contributed by atoms with Crippen LogP contribution in [0.3, 0.4) is 0 Å². The number of ether oxygens (including phenoxy) is 2. The highest BCUT2D eigenvalue weighted by Gasteiger charge is 2.52. The van der Waals surface area contributed by atoms with Gasteiger partial charge in [-0.15, -0.1) is 0 Å². The second-order valence-corrected chi connectivity index (χ2v) is 9.44. The number of benzene rings is 1. The molecule has 1 aromatic carbocycles. The minimum absolute atomic E-state index is 0.126. The Morgan fingerprint density at radius 2 is 1.73 bits per heavy atom. The zero-order chi connectivity index (χ0) is 25.0. The predicted octanol–water partition coefficient (Wildman–Crippen LogP) is 4.06. The van der Waals surface area contributed by atoms with Crippen LogP contribution in [0.25, 0.3) is 0 Å². The molecule has 184 valence electrons. The lowest BCUT2D eigenvalue weighted by Crippen LogP contribution is -2.54. The Morgan fingerprint density at radius 1 is 1.12 bits per heavy atom. The lowest BCUT2D eigenvalue weighted by Gasteiger charge is -2.31. The van der Waals surface area contributed by atoms with Crippen molar-refractivity contribution in [3.8, 4) is 0 Å². The predicted molar refractivity (Wildman–Crippen MR) is 114 cm³/mol. The Balaban J connectivity index is 2.20. The molecule has 33 heavy (non-hydrogen) atoms. The van der Waals surface area contributed by atoms with E-state index in [0.29, 0.717) is 5.56 Å². The monoisotopic (exact) mass is 472 g/mol. The van der Waals surface area contributed by atoms with Crippen molar-refractivity contribution < 1.29 is 37.0 Å². The average Bonchev–Trinajstić information content (AvgIpc) is 3.15. The van der Waals surface area contributed by atoms with Crippen LogP contribution >= 0.6 is 0 Å². The highest BCUT2D eigenvalue weighted by Crippen LogP contribution is 2.37. The van der Waals surface area contributed by atoms with Gasteiger partial charge in [0.15, 0.2) is 0 Å². The Labute approximate surface area is 191 Å². The van der Waals surface area contributed by atoms with E-state index in [-0.39, 0.29) is 6.61 Å². The molecule has 1 aliphatic heterocycles. The maximum atomic E-state index is 13.5. The van der Waals surface area contributed by atoms with Crippen LogP contribution in [0.2, 0.25) is 0 Å². The van der Waals surface area contributed by atoms with Gasteiger partial charge in [0.25, 0.3) is 0 Å².